The van der Waals surface area contributed by atoms with Crippen LogP contribution in [0.25, 0.3) is 11.3 Å². The van der Waals surface area contributed by atoms with Gasteiger partial charge in [0.15, 0.2) is 0 Å². The maximum atomic E-state index is 14.4. The van der Waals surface area contributed by atoms with E-state index in [9.17, 15) is 9.65 Å². The van der Waals surface area contributed by atoms with Crippen LogP contribution in [-0.4, -0.2) is 90.4 Å². The predicted octanol–water partition coefficient (Wildman–Crippen LogP) is 3.57. The number of alkyl halides is 1. The largest absolute Gasteiger partial charge is 0.486 e. The summed E-state index contributed by atoms with van der Waals surface area (Å²) in [6, 6.07) is 13.2. The van der Waals surface area contributed by atoms with E-state index in [0.717, 1.165) is 44.0 Å². The Morgan fingerprint density at radius 1 is 1.05 bits per heavy atom. The highest BCUT2D eigenvalue weighted by atomic mass is 19.1. The molecule has 2 aromatic heterocycles. The number of likely N-dealkylation sites (tertiary alicyclic amines) is 1. The van der Waals surface area contributed by atoms with Crippen molar-refractivity contribution >= 4 is 17.5 Å². The van der Waals surface area contributed by atoms with E-state index in [1.807, 2.05) is 30.3 Å². The maximum absolute atomic E-state index is 14.4. The Balaban J connectivity index is 0.00000336. The molecule has 3 aromatic rings. The number of rotatable bonds is 6. The minimum absolute atomic E-state index is 0. The summed E-state index contributed by atoms with van der Waals surface area (Å²) >= 11 is 0. The minimum Gasteiger partial charge on any atom is -0.486 e. The van der Waals surface area contributed by atoms with Gasteiger partial charge in [0.1, 0.15) is 29.9 Å². The molecule has 2 aliphatic rings. The zero-order valence-corrected chi connectivity index (χ0v) is 21.1. The third-order valence-corrected chi connectivity index (χ3v) is 6.87. The average molecular weight is 505 g/mol. The van der Waals surface area contributed by atoms with E-state index in [4.69, 9.17) is 4.74 Å². The Hall–Kier alpha value is -3.81. The molecule has 0 bridgehead atoms. The number of nitriles is 1. The second-order valence-electron chi connectivity index (χ2n) is 9.63. The van der Waals surface area contributed by atoms with Crippen molar-refractivity contribution in [2.24, 2.45) is 0 Å². The van der Waals surface area contributed by atoms with Gasteiger partial charge >= 0.3 is 0 Å². The van der Waals surface area contributed by atoms with Crippen LogP contribution in [0.5, 0.6) is 5.75 Å². The second-order valence-corrected chi connectivity index (χ2v) is 9.63. The first-order valence-electron chi connectivity index (χ1n) is 12.5. The highest BCUT2D eigenvalue weighted by Gasteiger charge is 2.29. The molecule has 10 heteroatoms. The fourth-order valence-electron chi connectivity index (χ4n) is 4.62. The van der Waals surface area contributed by atoms with Crippen molar-refractivity contribution in [3.8, 4) is 23.1 Å². The molecule has 4 heterocycles. The minimum atomic E-state index is -1.09. The topological polar surface area (TPSA) is 93.4 Å². The lowest BCUT2D eigenvalue weighted by molar-refractivity contribution is 0.0312. The summed E-state index contributed by atoms with van der Waals surface area (Å²) in [5.74, 6) is 1.44. The third-order valence-electron chi connectivity index (χ3n) is 6.87. The molecule has 0 saturated carbocycles. The van der Waals surface area contributed by atoms with Gasteiger partial charge in [0.05, 0.1) is 23.1 Å². The maximum Gasteiger partial charge on any atom is 0.228 e. The van der Waals surface area contributed by atoms with Gasteiger partial charge in [0.2, 0.25) is 5.95 Å². The quantitative estimate of drug-likeness (QED) is 0.541. The zero-order chi connectivity index (χ0) is 25.8. The molecule has 2 atom stereocenters. The molecule has 1 N–H and O–H groups in total. The van der Waals surface area contributed by atoms with E-state index < -0.39 is 12.3 Å². The van der Waals surface area contributed by atoms with Crippen molar-refractivity contribution < 1.29 is 10.6 Å². The molecule has 37 heavy (non-hydrogen) atoms. The van der Waals surface area contributed by atoms with Gasteiger partial charge < -0.3 is 24.8 Å². The van der Waals surface area contributed by atoms with Crippen molar-refractivity contribution in [3.63, 3.8) is 0 Å². The standard InChI is InChI=1S/C27H31FN8O.H2/c1-34-11-13-36(14-12-34)21-4-6-26(31-17-21)33-27-30-9-7-23(32-27)19-3-5-24(20(15-19)16-29)37-25-8-10-35(2)18-22(25)28;/h3-7,9,15,17,22,25H,8,10-14,18H2,1-2H3,(H,30,31,32,33);1H/t22-,25+;/m1./s1. The van der Waals surface area contributed by atoms with Crippen LogP contribution in [0.4, 0.5) is 21.8 Å². The zero-order valence-electron chi connectivity index (χ0n) is 21.1. The molecule has 2 fully saturated rings. The molecule has 0 amide bonds. The summed E-state index contributed by atoms with van der Waals surface area (Å²) in [6.45, 7) is 5.13. The van der Waals surface area contributed by atoms with E-state index in [0.29, 0.717) is 41.7 Å². The number of nitrogens with one attached hydrogen (secondary N) is 1. The molecule has 0 radical (unpaired) electrons. The van der Waals surface area contributed by atoms with Gasteiger partial charge in [0.25, 0.3) is 0 Å². The van der Waals surface area contributed by atoms with Gasteiger partial charge in [-0.1, -0.05) is 0 Å². The predicted molar refractivity (Wildman–Crippen MR) is 143 cm³/mol. The van der Waals surface area contributed by atoms with Gasteiger partial charge in [-0.2, -0.15) is 5.26 Å². The molecule has 0 aliphatic carbocycles. The summed E-state index contributed by atoms with van der Waals surface area (Å²) in [5.41, 5.74) is 2.84. The first-order chi connectivity index (χ1) is 18.0. The fourth-order valence-corrected chi connectivity index (χ4v) is 4.62. The number of anilines is 3. The van der Waals surface area contributed by atoms with Gasteiger partial charge in [-0.3, -0.25) is 0 Å². The molecule has 194 valence electrons. The molecular formula is C27H33FN8O. The lowest BCUT2D eigenvalue weighted by Gasteiger charge is -2.33. The number of aromatic nitrogens is 3. The number of hydrogen-bond donors (Lipinski definition) is 1. The van der Waals surface area contributed by atoms with Crippen LogP contribution in [0, 0.1) is 11.3 Å². The van der Waals surface area contributed by atoms with E-state index in [-0.39, 0.29) is 1.43 Å². The lowest BCUT2D eigenvalue weighted by atomic mass is 10.0. The van der Waals surface area contributed by atoms with Crippen molar-refractivity contribution in [1.29, 1.82) is 5.26 Å². The second kappa shape index (κ2) is 11.1. The molecule has 0 unspecified atom stereocenters. The highest BCUT2D eigenvalue weighted by Crippen LogP contribution is 2.29. The van der Waals surface area contributed by atoms with E-state index in [1.54, 1.807) is 24.4 Å². The number of piperidine rings is 1. The third kappa shape index (κ3) is 5.96. The van der Waals surface area contributed by atoms with Crippen molar-refractivity contribution in [2.75, 3.05) is 63.6 Å². The normalized spacial score (nSPS) is 20.9. The number of ether oxygens (including phenoxy) is 1. The van der Waals surface area contributed by atoms with Crippen LogP contribution >= 0.6 is 0 Å². The van der Waals surface area contributed by atoms with Crippen LogP contribution in [0.15, 0.2) is 48.8 Å². The number of nitrogens with zero attached hydrogens (tertiary/aromatic N) is 7. The molecule has 0 spiro atoms. The van der Waals surface area contributed by atoms with Crippen LogP contribution in [0.3, 0.4) is 0 Å². The summed E-state index contributed by atoms with van der Waals surface area (Å²) in [6.07, 6.45) is 2.45. The van der Waals surface area contributed by atoms with Crippen LogP contribution in [0.2, 0.25) is 0 Å². The van der Waals surface area contributed by atoms with E-state index in [1.165, 1.54) is 0 Å². The van der Waals surface area contributed by atoms with Gasteiger partial charge in [-0.15, -0.1) is 0 Å². The highest BCUT2D eigenvalue weighted by molar-refractivity contribution is 5.65. The molecule has 1 aromatic carbocycles. The lowest BCUT2D eigenvalue weighted by Crippen LogP contribution is -2.45. The average Bonchev–Trinajstić information content (AvgIpc) is 2.91. The first kappa shape index (κ1) is 24.9. The summed E-state index contributed by atoms with van der Waals surface area (Å²) in [7, 11) is 4.03. The van der Waals surface area contributed by atoms with Crippen LogP contribution in [0.1, 0.15) is 13.4 Å². The number of piperazine rings is 1. The molecule has 2 aliphatic heterocycles. The Bertz CT molecular complexity index is 1260. The van der Waals surface area contributed by atoms with Crippen LogP contribution < -0.4 is 15.0 Å². The fraction of sp³-hybridized carbons (Fsp3) is 0.407. The molecule has 9 nitrogen and oxygen atoms in total. The van der Waals surface area contributed by atoms with Gasteiger partial charge in [0, 0.05) is 52.5 Å². The van der Waals surface area contributed by atoms with Gasteiger partial charge in [-0.05, 0) is 56.9 Å². The summed E-state index contributed by atoms with van der Waals surface area (Å²) < 4.78 is 20.3. The monoisotopic (exact) mass is 504 g/mol. The Labute approximate surface area is 218 Å². The Kier molecular flexibility index (Phi) is 7.44. The van der Waals surface area contributed by atoms with Crippen molar-refractivity contribution in [3.05, 3.63) is 54.4 Å². The number of pyridine rings is 1. The number of hydrogen-bond acceptors (Lipinski definition) is 9. The Morgan fingerprint density at radius 2 is 1.89 bits per heavy atom. The summed E-state index contributed by atoms with van der Waals surface area (Å²) in [5, 5.41) is 12.9. The van der Waals surface area contributed by atoms with E-state index >= 15 is 0 Å². The van der Waals surface area contributed by atoms with Crippen molar-refractivity contribution in [2.45, 2.75) is 18.7 Å². The molecular weight excluding hydrogens is 471 g/mol. The van der Waals surface area contributed by atoms with E-state index in [2.05, 4.69) is 49.3 Å². The number of halogens is 1. The number of likely N-dealkylation sites (N-methyl/N-ethyl adjacent to an activating group) is 1. The Morgan fingerprint density at radius 3 is 2.62 bits per heavy atom. The first-order valence-corrected chi connectivity index (χ1v) is 12.5. The molecule has 5 rings (SSSR count). The van der Waals surface area contributed by atoms with Gasteiger partial charge in [-0.25, -0.2) is 19.3 Å². The van der Waals surface area contributed by atoms with Crippen LogP contribution in [-0.2, 0) is 0 Å². The SMILES string of the molecule is CN1CCN(c2ccc(Nc3nccc(-c4ccc(O[C@H]5CCN(C)C[C@H]5F)c(C#N)c4)n3)nc2)CC1.[HH]. The molecule has 2 saturated heterocycles. The number of benzene rings is 1. The smallest absolute Gasteiger partial charge is 0.228 e. The summed E-state index contributed by atoms with van der Waals surface area (Å²) in [4.78, 5) is 20.0. The van der Waals surface area contributed by atoms with Crippen molar-refractivity contribution in [1.82, 2.24) is 24.8 Å².